The minimum Gasteiger partial charge on any atom is -0.491 e. The fourth-order valence-electron chi connectivity index (χ4n) is 4.32. The first-order chi connectivity index (χ1) is 16.5. The molecule has 4 aromatic rings. The van der Waals surface area contributed by atoms with Gasteiger partial charge in [-0.15, -0.1) is 0 Å². The summed E-state index contributed by atoms with van der Waals surface area (Å²) in [5.41, 5.74) is 4.46. The number of benzene rings is 2. The number of hydrogen-bond donors (Lipinski definition) is 3. The topological polar surface area (TPSA) is 104 Å². The Bertz CT molecular complexity index is 1440. The monoisotopic (exact) mass is 479 g/mol. The van der Waals surface area contributed by atoms with Crippen molar-refractivity contribution in [2.45, 2.75) is 36.3 Å². The van der Waals surface area contributed by atoms with Crippen LogP contribution >= 0.6 is 0 Å². The van der Waals surface area contributed by atoms with Crippen LogP contribution in [0.5, 0.6) is 5.75 Å². The van der Waals surface area contributed by atoms with Crippen LogP contribution < -0.4 is 10.1 Å². The summed E-state index contributed by atoms with van der Waals surface area (Å²) < 4.78 is 31.8. The number of rotatable bonds is 10. The molecule has 0 bridgehead atoms. The fourth-order valence-corrected chi connectivity index (χ4v) is 6.02. The Hall–Kier alpha value is -2.94. The number of nitrogens with zero attached hydrogens (tertiary/aromatic N) is 1. The first kappa shape index (κ1) is 22.8. The largest absolute Gasteiger partial charge is 0.491 e. The molecule has 8 heteroatoms. The van der Waals surface area contributed by atoms with Gasteiger partial charge in [-0.25, -0.2) is 13.4 Å². The number of aryl methyl sites for hydroxylation is 1. The van der Waals surface area contributed by atoms with Crippen LogP contribution in [-0.4, -0.2) is 55.0 Å². The van der Waals surface area contributed by atoms with Gasteiger partial charge in [0.05, 0.1) is 28.9 Å². The van der Waals surface area contributed by atoms with Crippen molar-refractivity contribution in [1.82, 2.24) is 15.3 Å². The number of aromatic nitrogens is 2. The molecule has 178 valence electrons. The third kappa shape index (κ3) is 4.41. The SMILES string of the molecule is Cc1cnc2[nH]c3c(OCCCNCCO)ccc(-c4cccc(S(=O)(=O)C5CC5)c4)c3c2c1. The van der Waals surface area contributed by atoms with Gasteiger partial charge in [0, 0.05) is 23.5 Å². The van der Waals surface area contributed by atoms with Gasteiger partial charge in [0.15, 0.2) is 9.84 Å². The zero-order valence-corrected chi connectivity index (χ0v) is 20.0. The maximum atomic E-state index is 12.9. The maximum Gasteiger partial charge on any atom is 0.181 e. The highest BCUT2D eigenvalue weighted by molar-refractivity contribution is 7.92. The lowest BCUT2D eigenvalue weighted by Crippen LogP contribution is -2.20. The summed E-state index contributed by atoms with van der Waals surface area (Å²) in [6.45, 7) is 3.99. The normalized spacial score (nSPS) is 14.2. The average Bonchev–Trinajstić information content (AvgIpc) is 3.64. The lowest BCUT2D eigenvalue weighted by molar-refractivity contribution is 0.282. The molecule has 0 atom stereocenters. The van der Waals surface area contributed by atoms with Crippen molar-refractivity contribution in [3.05, 3.63) is 54.2 Å². The van der Waals surface area contributed by atoms with E-state index in [2.05, 4.69) is 21.4 Å². The number of ether oxygens (including phenoxy) is 1. The molecule has 2 heterocycles. The fraction of sp³-hybridized carbons (Fsp3) is 0.346. The Morgan fingerprint density at radius 3 is 2.82 bits per heavy atom. The summed E-state index contributed by atoms with van der Waals surface area (Å²) in [5.74, 6) is 0.735. The van der Waals surface area contributed by atoms with Gasteiger partial charge >= 0.3 is 0 Å². The number of hydrogen-bond acceptors (Lipinski definition) is 6. The Morgan fingerprint density at radius 2 is 2.03 bits per heavy atom. The van der Waals surface area contributed by atoms with Gasteiger partial charge in [-0.05, 0) is 79.8 Å². The number of aliphatic hydroxyl groups excluding tert-OH is 1. The molecule has 0 aliphatic heterocycles. The molecule has 34 heavy (non-hydrogen) atoms. The third-order valence-corrected chi connectivity index (χ3v) is 8.45. The second-order valence-electron chi connectivity index (χ2n) is 8.84. The van der Waals surface area contributed by atoms with Crippen LogP contribution in [-0.2, 0) is 9.84 Å². The molecule has 0 spiro atoms. The molecular weight excluding hydrogens is 450 g/mol. The quantitative estimate of drug-likeness (QED) is 0.297. The van der Waals surface area contributed by atoms with Gasteiger partial charge < -0.3 is 20.1 Å². The smallest absolute Gasteiger partial charge is 0.181 e. The van der Waals surface area contributed by atoms with E-state index in [-0.39, 0.29) is 11.9 Å². The molecule has 1 saturated carbocycles. The van der Waals surface area contributed by atoms with E-state index >= 15 is 0 Å². The van der Waals surface area contributed by atoms with E-state index < -0.39 is 9.84 Å². The van der Waals surface area contributed by atoms with Gasteiger partial charge in [0.1, 0.15) is 11.4 Å². The Labute approximate surface area is 199 Å². The van der Waals surface area contributed by atoms with Crippen LogP contribution in [0.2, 0.25) is 0 Å². The molecule has 0 unspecified atom stereocenters. The van der Waals surface area contributed by atoms with E-state index in [0.717, 1.165) is 70.2 Å². The number of nitrogens with one attached hydrogen (secondary N) is 2. The molecule has 1 aliphatic carbocycles. The van der Waals surface area contributed by atoms with Crippen LogP contribution in [0.15, 0.2) is 53.6 Å². The third-order valence-electron chi connectivity index (χ3n) is 6.19. The van der Waals surface area contributed by atoms with Crippen molar-refractivity contribution >= 4 is 31.8 Å². The predicted octanol–water partition coefficient (Wildman–Crippen LogP) is 3.98. The van der Waals surface area contributed by atoms with Gasteiger partial charge in [-0.1, -0.05) is 12.1 Å². The Morgan fingerprint density at radius 1 is 1.18 bits per heavy atom. The van der Waals surface area contributed by atoms with Gasteiger partial charge in [0.25, 0.3) is 0 Å². The number of sulfone groups is 1. The Balaban J connectivity index is 1.57. The zero-order chi connectivity index (χ0) is 23.7. The lowest BCUT2D eigenvalue weighted by Gasteiger charge is -2.12. The molecule has 1 aliphatic rings. The summed E-state index contributed by atoms with van der Waals surface area (Å²) in [6.07, 6.45) is 4.12. The summed E-state index contributed by atoms with van der Waals surface area (Å²) >= 11 is 0. The van der Waals surface area contributed by atoms with Crippen molar-refractivity contribution in [2.75, 3.05) is 26.3 Å². The molecule has 5 rings (SSSR count). The number of H-pyrrole nitrogens is 1. The Kier molecular flexibility index (Phi) is 6.29. The first-order valence-electron chi connectivity index (χ1n) is 11.7. The summed E-state index contributed by atoms with van der Waals surface area (Å²) in [6, 6.07) is 13.3. The number of aliphatic hydroxyl groups is 1. The van der Waals surface area contributed by atoms with Crippen molar-refractivity contribution < 1.29 is 18.3 Å². The second-order valence-corrected chi connectivity index (χ2v) is 11.1. The summed E-state index contributed by atoms with van der Waals surface area (Å²) in [5, 5.41) is 13.7. The van der Waals surface area contributed by atoms with Crippen molar-refractivity contribution in [3.8, 4) is 16.9 Å². The van der Waals surface area contributed by atoms with Gasteiger partial charge in [-0.2, -0.15) is 0 Å². The highest BCUT2D eigenvalue weighted by Gasteiger charge is 2.37. The van der Waals surface area contributed by atoms with Crippen LogP contribution in [0.4, 0.5) is 0 Å². The highest BCUT2D eigenvalue weighted by atomic mass is 32.2. The van der Waals surface area contributed by atoms with E-state index in [1.54, 1.807) is 12.1 Å². The maximum absolute atomic E-state index is 12.9. The zero-order valence-electron chi connectivity index (χ0n) is 19.2. The molecule has 0 radical (unpaired) electrons. The van der Waals surface area contributed by atoms with E-state index in [0.29, 0.717) is 18.0 Å². The van der Waals surface area contributed by atoms with E-state index in [4.69, 9.17) is 9.84 Å². The molecule has 2 aromatic heterocycles. The summed E-state index contributed by atoms with van der Waals surface area (Å²) in [4.78, 5) is 8.37. The average molecular weight is 480 g/mol. The lowest BCUT2D eigenvalue weighted by atomic mass is 9.99. The van der Waals surface area contributed by atoms with Crippen LogP contribution in [0.25, 0.3) is 33.1 Å². The first-order valence-corrected chi connectivity index (χ1v) is 13.2. The van der Waals surface area contributed by atoms with Crippen molar-refractivity contribution in [2.24, 2.45) is 0 Å². The molecule has 1 fully saturated rings. The molecular formula is C26H29N3O4S. The van der Waals surface area contributed by atoms with Gasteiger partial charge in [-0.3, -0.25) is 0 Å². The number of aromatic amines is 1. The molecule has 2 aromatic carbocycles. The molecule has 0 saturated heterocycles. The van der Waals surface area contributed by atoms with Gasteiger partial charge in [0.2, 0.25) is 0 Å². The second kappa shape index (κ2) is 9.37. The summed E-state index contributed by atoms with van der Waals surface area (Å²) in [7, 11) is -3.28. The van der Waals surface area contributed by atoms with E-state index in [1.165, 1.54) is 0 Å². The minimum absolute atomic E-state index is 0.119. The number of pyridine rings is 1. The molecule has 7 nitrogen and oxygen atoms in total. The molecule has 3 N–H and O–H groups in total. The van der Waals surface area contributed by atoms with Crippen molar-refractivity contribution in [3.63, 3.8) is 0 Å². The minimum atomic E-state index is -3.28. The van der Waals surface area contributed by atoms with Crippen LogP contribution in [0.3, 0.4) is 0 Å². The highest BCUT2D eigenvalue weighted by Crippen LogP contribution is 2.40. The van der Waals surface area contributed by atoms with Crippen LogP contribution in [0, 0.1) is 6.92 Å². The predicted molar refractivity (Wildman–Crippen MR) is 134 cm³/mol. The van der Waals surface area contributed by atoms with Crippen LogP contribution in [0.1, 0.15) is 24.8 Å². The van der Waals surface area contributed by atoms with Crippen molar-refractivity contribution in [1.29, 1.82) is 0 Å². The van der Waals surface area contributed by atoms with E-state index in [9.17, 15) is 8.42 Å². The van der Waals surface area contributed by atoms with E-state index in [1.807, 2.05) is 37.4 Å². The standard InChI is InChI=1S/C26H29N3O4S/c1-17-14-22-24-21(18-4-2-5-20(15-18)34(31,32)19-6-7-19)8-9-23(25(24)29-26(22)28-16-17)33-13-3-10-27-11-12-30/h2,4-5,8-9,14-16,19,27,30H,3,6-7,10-13H2,1H3,(H,28,29). The number of fused-ring (bicyclic) bond motifs is 3. The molecule has 0 amide bonds.